The van der Waals surface area contributed by atoms with Crippen molar-refractivity contribution >= 4 is 35.3 Å². The van der Waals surface area contributed by atoms with Gasteiger partial charge in [0.05, 0.1) is 16.4 Å². The molecule has 2 amide bonds. The van der Waals surface area contributed by atoms with Crippen molar-refractivity contribution in [3.63, 3.8) is 0 Å². The Morgan fingerprint density at radius 2 is 1.59 bits per heavy atom. The number of aliphatic hydroxyl groups excluding tert-OH is 4. The molecule has 0 aromatic heterocycles. The fourth-order valence-corrected chi connectivity index (χ4v) is 4.99. The van der Waals surface area contributed by atoms with Gasteiger partial charge in [-0.05, 0) is 0 Å². The number of nitrogens with zero attached hydrogens (tertiary/aromatic N) is 1. The topological polar surface area (TPSA) is 128 Å². The van der Waals surface area contributed by atoms with Crippen LogP contribution in [-0.4, -0.2) is 85.9 Å². The summed E-state index contributed by atoms with van der Waals surface area (Å²) in [6.45, 7) is -0.607. The average molecular weight is 349 g/mol. The van der Waals surface area contributed by atoms with Crippen LogP contribution < -0.4 is 0 Å². The highest BCUT2D eigenvalue weighted by Crippen LogP contribution is 2.42. The minimum atomic E-state index is -1.68. The van der Waals surface area contributed by atoms with E-state index in [-0.39, 0.29) is 0 Å². The van der Waals surface area contributed by atoms with Crippen LogP contribution in [0.4, 0.5) is 0 Å². The average Bonchev–Trinajstić information content (AvgIpc) is 2.77. The van der Waals surface area contributed by atoms with E-state index in [1.54, 1.807) is 0 Å². The number of ether oxygens (including phenoxy) is 1. The van der Waals surface area contributed by atoms with Gasteiger partial charge in [-0.1, -0.05) is 0 Å². The second-order valence-electron chi connectivity index (χ2n) is 5.05. The molecular weight excluding hydrogens is 334 g/mol. The number of hydrogen-bond donors (Lipinski definition) is 4. The summed E-state index contributed by atoms with van der Waals surface area (Å²) < 4.78 is 5.01. The minimum Gasteiger partial charge on any atom is -0.394 e. The van der Waals surface area contributed by atoms with E-state index in [1.165, 1.54) is 23.5 Å². The van der Waals surface area contributed by atoms with Gasteiger partial charge in [0, 0.05) is 11.5 Å². The molecule has 3 rings (SSSR count). The van der Waals surface area contributed by atoms with Crippen molar-refractivity contribution in [1.29, 1.82) is 0 Å². The minimum absolute atomic E-state index is 0.305. The van der Waals surface area contributed by atoms with E-state index >= 15 is 0 Å². The number of thioether (sulfide) groups is 2. The maximum absolute atomic E-state index is 12.4. The van der Waals surface area contributed by atoms with Gasteiger partial charge in [0.1, 0.15) is 24.4 Å². The summed E-state index contributed by atoms with van der Waals surface area (Å²) in [4.78, 5) is 26.2. The number of imide groups is 1. The number of rotatable bonds is 2. The van der Waals surface area contributed by atoms with Crippen molar-refractivity contribution < 1.29 is 34.8 Å². The Bertz CT molecular complexity index is 512. The molecule has 3 aliphatic heterocycles. The molecule has 0 aromatic carbocycles. The highest BCUT2D eigenvalue weighted by molar-refractivity contribution is 8.11. The van der Waals surface area contributed by atoms with Gasteiger partial charge in [-0.25, -0.2) is 0 Å². The summed E-state index contributed by atoms with van der Waals surface area (Å²) in [5.41, 5.74) is 0. The molecule has 0 radical (unpaired) electrons. The summed E-state index contributed by atoms with van der Waals surface area (Å²) in [5.74, 6) is 0.187. The SMILES string of the molecule is O=C1C2=C(SCCS2)C(=O)N1C1C(O)OC(CO)C(O)C1O. The third-order valence-corrected chi connectivity index (χ3v) is 6.31. The first-order valence-corrected chi connectivity index (χ1v) is 8.62. The molecule has 5 atom stereocenters. The third-order valence-electron chi connectivity index (χ3n) is 3.77. The van der Waals surface area contributed by atoms with Crippen molar-refractivity contribution in [2.24, 2.45) is 0 Å². The summed E-state index contributed by atoms with van der Waals surface area (Å²) in [6, 6.07) is -1.41. The lowest BCUT2D eigenvalue weighted by Crippen LogP contribution is -2.65. The van der Waals surface area contributed by atoms with Crippen LogP contribution in [0.1, 0.15) is 0 Å². The molecule has 0 spiro atoms. The number of carbonyl (C=O) groups excluding carboxylic acids is 2. The Labute approximate surface area is 134 Å². The molecule has 10 heteroatoms. The van der Waals surface area contributed by atoms with Crippen LogP contribution in [-0.2, 0) is 14.3 Å². The Kier molecular flexibility index (Phi) is 4.52. The van der Waals surface area contributed by atoms with Crippen molar-refractivity contribution in [1.82, 2.24) is 4.90 Å². The predicted molar refractivity (Wildman–Crippen MR) is 77.6 cm³/mol. The molecule has 5 unspecified atom stereocenters. The number of carbonyl (C=O) groups is 2. The fraction of sp³-hybridized carbons (Fsp3) is 0.667. The molecule has 8 nitrogen and oxygen atoms in total. The van der Waals surface area contributed by atoms with Gasteiger partial charge in [0.25, 0.3) is 11.8 Å². The summed E-state index contributed by atoms with van der Waals surface area (Å²) in [5, 5.41) is 39.1. The highest BCUT2D eigenvalue weighted by atomic mass is 32.2. The van der Waals surface area contributed by atoms with Crippen LogP contribution in [0.2, 0.25) is 0 Å². The van der Waals surface area contributed by atoms with E-state index in [9.17, 15) is 24.9 Å². The molecule has 4 N–H and O–H groups in total. The smallest absolute Gasteiger partial charge is 0.269 e. The largest absolute Gasteiger partial charge is 0.394 e. The second-order valence-corrected chi connectivity index (χ2v) is 7.27. The zero-order valence-electron chi connectivity index (χ0n) is 11.3. The van der Waals surface area contributed by atoms with Gasteiger partial charge in [-0.15, -0.1) is 23.5 Å². The van der Waals surface area contributed by atoms with E-state index in [4.69, 9.17) is 9.84 Å². The number of aliphatic hydroxyl groups is 4. The van der Waals surface area contributed by atoms with E-state index in [0.29, 0.717) is 21.3 Å². The monoisotopic (exact) mass is 349 g/mol. The van der Waals surface area contributed by atoms with Crippen LogP contribution >= 0.6 is 23.5 Å². The first kappa shape index (κ1) is 16.2. The van der Waals surface area contributed by atoms with Gasteiger partial charge in [-0.3, -0.25) is 14.5 Å². The maximum Gasteiger partial charge on any atom is 0.269 e. The fourth-order valence-electron chi connectivity index (χ4n) is 2.68. The van der Waals surface area contributed by atoms with E-state index < -0.39 is 49.1 Å². The van der Waals surface area contributed by atoms with Crippen molar-refractivity contribution in [2.45, 2.75) is 30.6 Å². The quantitative estimate of drug-likeness (QED) is 0.412. The molecule has 3 heterocycles. The summed E-state index contributed by atoms with van der Waals surface area (Å²) in [7, 11) is 0. The zero-order valence-corrected chi connectivity index (χ0v) is 12.9. The third kappa shape index (κ3) is 2.39. The second kappa shape index (κ2) is 6.11. The van der Waals surface area contributed by atoms with Crippen LogP contribution in [0.3, 0.4) is 0 Å². The summed E-state index contributed by atoms with van der Waals surface area (Å²) >= 11 is 2.52. The molecule has 122 valence electrons. The standard InChI is InChI=1S/C12H15NO7S2/c14-3-4-6(15)7(16)5(12(19)20-4)13-10(17)8-9(11(13)18)22-2-1-21-8/h4-7,12,14-16,19H,1-3H2. The van der Waals surface area contributed by atoms with Crippen LogP contribution in [0.5, 0.6) is 0 Å². The lowest BCUT2D eigenvalue weighted by atomic mass is 9.96. The molecule has 0 saturated carbocycles. The normalized spacial score (nSPS) is 39.5. The first-order chi connectivity index (χ1) is 10.5. The lowest BCUT2D eigenvalue weighted by Gasteiger charge is -2.43. The Hall–Kier alpha value is -0.620. The van der Waals surface area contributed by atoms with E-state index in [0.717, 1.165) is 4.90 Å². The van der Waals surface area contributed by atoms with Crippen LogP contribution in [0, 0.1) is 0 Å². The van der Waals surface area contributed by atoms with Gasteiger partial charge in [0.2, 0.25) is 0 Å². The van der Waals surface area contributed by atoms with Gasteiger partial charge in [0.15, 0.2) is 6.29 Å². The van der Waals surface area contributed by atoms with Gasteiger partial charge >= 0.3 is 0 Å². The zero-order chi connectivity index (χ0) is 16.0. The Balaban J connectivity index is 1.88. The predicted octanol–water partition coefficient (Wildman–Crippen LogP) is -2.15. The van der Waals surface area contributed by atoms with Crippen molar-refractivity contribution in [2.75, 3.05) is 18.1 Å². The summed E-state index contributed by atoms with van der Waals surface area (Å²) in [6.07, 6.45) is -5.98. The molecule has 0 aromatic rings. The van der Waals surface area contributed by atoms with Crippen molar-refractivity contribution in [3.8, 4) is 0 Å². The number of hydrogen-bond acceptors (Lipinski definition) is 9. The molecule has 1 saturated heterocycles. The van der Waals surface area contributed by atoms with E-state index in [2.05, 4.69) is 0 Å². The maximum atomic E-state index is 12.4. The van der Waals surface area contributed by atoms with Gasteiger partial charge in [-0.2, -0.15) is 0 Å². The van der Waals surface area contributed by atoms with Crippen LogP contribution in [0.25, 0.3) is 0 Å². The van der Waals surface area contributed by atoms with Gasteiger partial charge < -0.3 is 25.2 Å². The van der Waals surface area contributed by atoms with Crippen molar-refractivity contribution in [3.05, 3.63) is 9.81 Å². The molecule has 0 bridgehead atoms. The van der Waals surface area contributed by atoms with E-state index in [1.807, 2.05) is 0 Å². The molecule has 0 aliphatic carbocycles. The Morgan fingerprint density at radius 3 is 2.09 bits per heavy atom. The molecule has 22 heavy (non-hydrogen) atoms. The lowest BCUT2D eigenvalue weighted by molar-refractivity contribution is -0.267. The Morgan fingerprint density at radius 1 is 1.05 bits per heavy atom. The number of amides is 2. The van der Waals surface area contributed by atoms with Crippen LogP contribution in [0.15, 0.2) is 9.81 Å². The molecule has 1 fully saturated rings. The molecular formula is C12H15NO7S2. The molecule has 3 aliphatic rings. The highest BCUT2D eigenvalue weighted by Gasteiger charge is 2.53. The first-order valence-electron chi connectivity index (χ1n) is 6.65.